The Morgan fingerprint density at radius 1 is 1.60 bits per heavy atom. The van der Waals surface area contributed by atoms with Crippen LogP contribution in [0.5, 0.6) is 0 Å². The first-order chi connectivity index (χ1) is 4.86. The summed E-state index contributed by atoms with van der Waals surface area (Å²) < 4.78 is 5.87. The van der Waals surface area contributed by atoms with Crippen molar-refractivity contribution in [2.24, 2.45) is 0 Å². The van der Waals surface area contributed by atoms with E-state index in [4.69, 9.17) is 4.42 Å². The Labute approximate surface area is 66.0 Å². The molecule has 0 atom stereocenters. The van der Waals surface area contributed by atoms with E-state index in [-0.39, 0.29) is 0 Å². The number of halogens is 1. The van der Waals surface area contributed by atoms with Crippen LogP contribution in [0.2, 0.25) is 0 Å². The zero-order valence-corrected chi connectivity index (χ0v) is 6.55. The molecule has 10 heavy (non-hydrogen) atoms. The molecule has 2 rings (SSSR count). The summed E-state index contributed by atoms with van der Waals surface area (Å²) in [5.74, 6) is 0. The molecule has 2 heterocycles. The smallest absolute Gasteiger partial charge is 0.226 e. The van der Waals surface area contributed by atoms with Gasteiger partial charge in [0.25, 0.3) is 0 Å². The second-order valence-corrected chi connectivity index (χ2v) is 2.83. The lowest BCUT2D eigenvalue weighted by molar-refractivity contribution is 0.593. The Hall–Kier alpha value is -0.830. The van der Waals surface area contributed by atoms with Crippen LogP contribution >= 0.6 is 15.9 Å². The Kier molecular flexibility index (Phi) is 1.24. The third-order valence-electron chi connectivity index (χ3n) is 1.22. The van der Waals surface area contributed by atoms with Crippen molar-refractivity contribution in [2.45, 2.75) is 0 Å². The van der Waals surface area contributed by atoms with Gasteiger partial charge in [-0.25, -0.2) is 4.98 Å². The fourth-order valence-corrected chi connectivity index (χ4v) is 1.13. The number of fused-ring (bicyclic) bond motifs is 1. The van der Waals surface area contributed by atoms with Crippen LogP contribution in [-0.4, -0.2) is 4.98 Å². The highest BCUT2D eigenvalue weighted by atomic mass is 79.9. The number of hydrogen-bond acceptors (Lipinski definition) is 2. The minimum absolute atomic E-state index is 0.628. The molecule has 0 aliphatic rings. The van der Waals surface area contributed by atoms with Gasteiger partial charge in [-0.3, -0.25) is 0 Å². The third kappa shape index (κ3) is 0.827. The topological polar surface area (TPSA) is 26.0 Å². The minimum atomic E-state index is 0.628. The SMILES string of the molecule is Brc1cnc2o[c]cc2c1. The number of hydrogen-bond donors (Lipinski definition) is 0. The van der Waals surface area contributed by atoms with Crippen molar-refractivity contribution < 1.29 is 4.42 Å². The average Bonchev–Trinajstić information content (AvgIpc) is 2.33. The molecule has 0 amide bonds. The van der Waals surface area contributed by atoms with Crippen molar-refractivity contribution in [3.05, 3.63) is 29.1 Å². The Morgan fingerprint density at radius 3 is 3.40 bits per heavy atom. The van der Waals surface area contributed by atoms with Crippen molar-refractivity contribution in [1.29, 1.82) is 0 Å². The quantitative estimate of drug-likeness (QED) is 0.647. The standard InChI is InChI=1S/C7H3BrNO/c8-6-3-5-1-2-10-7(5)9-4-6/h1,3-4H. The largest absolute Gasteiger partial charge is 0.434 e. The molecule has 1 radical (unpaired) electrons. The first-order valence-electron chi connectivity index (χ1n) is 2.77. The van der Waals surface area contributed by atoms with Crippen molar-refractivity contribution in [2.75, 3.05) is 0 Å². The molecular formula is C7H3BrNO. The summed E-state index contributed by atoms with van der Waals surface area (Å²) in [7, 11) is 0. The van der Waals surface area contributed by atoms with Crippen molar-refractivity contribution in [3.8, 4) is 0 Å². The van der Waals surface area contributed by atoms with E-state index >= 15 is 0 Å². The van der Waals surface area contributed by atoms with Crippen LogP contribution in [0.25, 0.3) is 11.1 Å². The molecule has 0 aliphatic heterocycles. The summed E-state index contributed by atoms with van der Waals surface area (Å²) in [6.07, 6.45) is 4.30. The molecule has 0 saturated heterocycles. The molecule has 0 N–H and O–H groups in total. The van der Waals surface area contributed by atoms with Gasteiger partial charge in [0.15, 0.2) is 6.26 Å². The average molecular weight is 197 g/mol. The van der Waals surface area contributed by atoms with Gasteiger partial charge in [0.05, 0.1) is 0 Å². The first-order valence-corrected chi connectivity index (χ1v) is 3.57. The molecule has 3 heteroatoms. The van der Waals surface area contributed by atoms with E-state index in [1.165, 1.54) is 0 Å². The van der Waals surface area contributed by atoms with Crippen LogP contribution in [0, 0.1) is 6.26 Å². The van der Waals surface area contributed by atoms with E-state index in [9.17, 15) is 0 Å². The molecule has 2 aromatic rings. The molecule has 2 nitrogen and oxygen atoms in total. The summed E-state index contributed by atoms with van der Waals surface area (Å²) in [4.78, 5) is 4.00. The Balaban J connectivity index is 2.86. The van der Waals surface area contributed by atoms with Gasteiger partial charge < -0.3 is 4.42 Å². The second-order valence-electron chi connectivity index (χ2n) is 1.91. The predicted octanol–water partition coefficient (Wildman–Crippen LogP) is 2.39. The van der Waals surface area contributed by atoms with Gasteiger partial charge >= 0.3 is 0 Å². The maximum absolute atomic E-state index is 4.92. The number of aromatic nitrogens is 1. The molecule has 0 fully saturated rings. The Bertz CT molecular complexity index is 355. The van der Waals surface area contributed by atoms with E-state index in [1.807, 2.05) is 6.07 Å². The lowest BCUT2D eigenvalue weighted by Crippen LogP contribution is -1.70. The molecule has 0 saturated carbocycles. The van der Waals surface area contributed by atoms with Crippen molar-refractivity contribution in [3.63, 3.8) is 0 Å². The fourth-order valence-electron chi connectivity index (χ4n) is 0.780. The summed E-state index contributed by atoms with van der Waals surface area (Å²) in [5.41, 5.74) is 0.628. The first kappa shape index (κ1) is 5.92. The molecule has 0 spiro atoms. The zero-order valence-electron chi connectivity index (χ0n) is 4.97. The molecule has 0 unspecified atom stereocenters. The number of pyridine rings is 1. The highest BCUT2D eigenvalue weighted by Gasteiger charge is 1.96. The van der Waals surface area contributed by atoms with Gasteiger partial charge in [-0.15, -0.1) is 0 Å². The van der Waals surface area contributed by atoms with Gasteiger partial charge in [-0.05, 0) is 28.1 Å². The van der Waals surface area contributed by atoms with Gasteiger partial charge in [0.2, 0.25) is 5.71 Å². The Morgan fingerprint density at radius 2 is 2.50 bits per heavy atom. The summed E-state index contributed by atoms with van der Waals surface area (Å²) >= 11 is 3.30. The fraction of sp³-hybridized carbons (Fsp3) is 0. The normalized spacial score (nSPS) is 10.5. The molecule has 0 aromatic carbocycles. The van der Waals surface area contributed by atoms with Crippen LogP contribution in [0.1, 0.15) is 0 Å². The second kappa shape index (κ2) is 2.09. The van der Waals surface area contributed by atoms with Crippen LogP contribution in [0.4, 0.5) is 0 Å². The summed E-state index contributed by atoms with van der Waals surface area (Å²) in [5, 5.41) is 0.967. The summed E-state index contributed by atoms with van der Waals surface area (Å²) in [6.45, 7) is 0. The number of rotatable bonds is 0. The molecule has 49 valence electrons. The molecule has 2 aromatic heterocycles. The minimum Gasteiger partial charge on any atom is -0.434 e. The molecule has 0 bridgehead atoms. The van der Waals surface area contributed by atoms with Crippen molar-refractivity contribution in [1.82, 2.24) is 4.98 Å². The van der Waals surface area contributed by atoms with E-state index in [0.29, 0.717) is 5.71 Å². The van der Waals surface area contributed by atoms with E-state index in [0.717, 1.165) is 9.86 Å². The monoisotopic (exact) mass is 196 g/mol. The molecule has 0 aliphatic carbocycles. The maximum Gasteiger partial charge on any atom is 0.226 e. The van der Waals surface area contributed by atoms with E-state index in [1.54, 1.807) is 12.3 Å². The van der Waals surface area contributed by atoms with Crippen LogP contribution in [0.15, 0.2) is 27.2 Å². The van der Waals surface area contributed by atoms with E-state index in [2.05, 4.69) is 27.2 Å². The van der Waals surface area contributed by atoms with Gasteiger partial charge in [-0.2, -0.15) is 0 Å². The van der Waals surface area contributed by atoms with Crippen LogP contribution in [-0.2, 0) is 0 Å². The van der Waals surface area contributed by atoms with Crippen molar-refractivity contribution >= 4 is 27.0 Å². The van der Waals surface area contributed by atoms with Crippen LogP contribution in [0.3, 0.4) is 0 Å². The summed E-state index contributed by atoms with van der Waals surface area (Å²) in [6, 6.07) is 3.69. The maximum atomic E-state index is 4.92. The van der Waals surface area contributed by atoms with Gasteiger partial charge in [-0.1, -0.05) is 0 Å². The lowest BCUT2D eigenvalue weighted by atomic mass is 10.3. The zero-order chi connectivity index (χ0) is 6.97. The highest BCUT2D eigenvalue weighted by Crippen LogP contribution is 2.16. The molecular weight excluding hydrogens is 194 g/mol. The highest BCUT2D eigenvalue weighted by molar-refractivity contribution is 9.10. The third-order valence-corrected chi connectivity index (χ3v) is 1.65. The number of nitrogens with zero attached hydrogens (tertiary/aromatic N) is 1. The lowest BCUT2D eigenvalue weighted by Gasteiger charge is -1.86. The van der Waals surface area contributed by atoms with Gasteiger partial charge in [0.1, 0.15) is 0 Å². The van der Waals surface area contributed by atoms with E-state index < -0.39 is 0 Å². The van der Waals surface area contributed by atoms with Gasteiger partial charge in [0, 0.05) is 16.1 Å². The van der Waals surface area contributed by atoms with Crippen LogP contribution < -0.4 is 0 Å². The number of furan rings is 1. The predicted molar refractivity (Wildman–Crippen MR) is 40.5 cm³/mol.